The topological polar surface area (TPSA) is 74.6 Å². The lowest BCUT2D eigenvalue weighted by Gasteiger charge is -2.06. The van der Waals surface area contributed by atoms with Crippen LogP contribution in [-0.4, -0.2) is 22.2 Å². The molecule has 0 amide bonds. The zero-order valence-electron chi connectivity index (χ0n) is 11.1. The first-order valence-electron chi connectivity index (χ1n) is 6.13. The maximum Gasteiger partial charge on any atom is 0.335 e. The summed E-state index contributed by atoms with van der Waals surface area (Å²) in [6.45, 7) is 0. The first-order chi connectivity index (χ1) is 10.4. The largest absolute Gasteiger partial charge is 0.478 e. The first kappa shape index (κ1) is 16.5. The number of hydrogen-bond acceptors (Lipinski definition) is 2. The van der Waals surface area contributed by atoms with Crippen LogP contribution in [0, 0.1) is 0 Å². The second-order valence-electron chi connectivity index (χ2n) is 4.39. The van der Waals surface area contributed by atoms with Gasteiger partial charge in [0.15, 0.2) is 0 Å². The molecule has 2 aromatic carbocycles. The van der Waals surface area contributed by atoms with Crippen molar-refractivity contribution < 1.29 is 19.8 Å². The molecule has 0 aliphatic rings. The molecule has 0 spiro atoms. The Balaban J connectivity index is 2.35. The molecule has 2 N–H and O–H groups in total. The van der Waals surface area contributed by atoms with Crippen LogP contribution in [0.4, 0.5) is 0 Å². The number of hydrogen-bond donors (Lipinski definition) is 2. The Morgan fingerprint density at radius 2 is 0.818 bits per heavy atom. The second-order valence-corrected chi connectivity index (χ2v) is 5.98. The Morgan fingerprint density at radius 3 is 1.05 bits per heavy atom. The predicted molar refractivity (Wildman–Crippen MR) is 91.5 cm³/mol. The monoisotopic (exact) mass is 424 g/mol. The van der Waals surface area contributed by atoms with Crippen molar-refractivity contribution in [2.24, 2.45) is 0 Å². The first-order valence-corrected chi connectivity index (χ1v) is 7.71. The van der Waals surface area contributed by atoms with E-state index in [1.54, 1.807) is 24.3 Å². The molecule has 0 atom stereocenters. The number of carboxylic acid groups (broad SMARTS) is 2. The van der Waals surface area contributed by atoms with Gasteiger partial charge < -0.3 is 10.2 Å². The number of halogens is 2. The van der Waals surface area contributed by atoms with Gasteiger partial charge in [0.05, 0.1) is 11.1 Å². The Morgan fingerprint density at radius 1 is 0.591 bits per heavy atom. The average Bonchev–Trinajstić information content (AvgIpc) is 2.53. The van der Waals surface area contributed by atoms with E-state index < -0.39 is 11.9 Å². The third kappa shape index (κ3) is 3.64. The van der Waals surface area contributed by atoms with Crippen LogP contribution in [0.5, 0.6) is 0 Å². The molecule has 112 valence electrons. The zero-order chi connectivity index (χ0) is 16.3. The van der Waals surface area contributed by atoms with Gasteiger partial charge in [-0.15, -0.1) is 0 Å². The van der Waals surface area contributed by atoms with Crippen molar-refractivity contribution in [3.63, 3.8) is 0 Å². The SMILES string of the molecule is O=C(O)c1ccc(/C(Br)=C(\Br)c2ccc(C(=O)O)cc2)cc1. The van der Waals surface area contributed by atoms with Crippen LogP contribution in [0.1, 0.15) is 31.8 Å². The zero-order valence-corrected chi connectivity index (χ0v) is 14.3. The number of carboxylic acids is 2. The molecule has 2 aromatic rings. The molecule has 0 saturated heterocycles. The van der Waals surface area contributed by atoms with Crippen LogP contribution < -0.4 is 0 Å². The molecule has 0 saturated carbocycles. The molecule has 0 aliphatic heterocycles. The van der Waals surface area contributed by atoms with Crippen molar-refractivity contribution in [1.82, 2.24) is 0 Å². The maximum atomic E-state index is 10.8. The van der Waals surface area contributed by atoms with E-state index in [9.17, 15) is 9.59 Å². The number of aromatic carboxylic acids is 2. The average molecular weight is 426 g/mol. The second kappa shape index (κ2) is 6.89. The van der Waals surface area contributed by atoms with Crippen molar-refractivity contribution in [2.75, 3.05) is 0 Å². The van der Waals surface area contributed by atoms with Gasteiger partial charge in [0.2, 0.25) is 0 Å². The molecule has 0 unspecified atom stereocenters. The molecular formula is C16H10Br2O4. The predicted octanol–water partition coefficient (Wildman–Crippen LogP) is 4.70. The Kier molecular flexibility index (Phi) is 5.15. The lowest BCUT2D eigenvalue weighted by molar-refractivity contribution is 0.0686. The summed E-state index contributed by atoms with van der Waals surface area (Å²) in [5.74, 6) is -1.95. The van der Waals surface area contributed by atoms with E-state index in [2.05, 4.69) is 31.9 Å². The molecule has 0 heterocycles. The molecular weight excluding hydrogens is 416 g/mol. The fraction of sp³-hybridized carbons (Fsp3) is 0. The Bertz CT molecular complexity index is 681. The normalized spacial score (nSPS) is 11.7. The summed E-state index contributed by atoms with van der Waals surface area (Å²) in [5.41, 5.74) is 2.04. The van der Waals surface area contributed by atoms with Gasteiger partial charge in [-0.2, -0.15) is 0 Å². The van der Waals surface area contributed by atoms with Crippen molar-refractivity contribution >= 4 is 52.8 Å². The third-order valence-electron chi connectivity index (χ3n) is 2.96. The summed E-state index contributed by atoms with van der Waals surface area (Å²) in [5, 5.41) is 17.8. The van der Waals surface area contributed by atoms with E-state index in [4.69, 9.17) is 10.2 Å². The van der Waals surface area contributed by atoms with E-state index in [0.29, 0.717) is 0 Å². The fourth-order valence-corrected chi connectivity index (χ4v) is 2.76. The van der Waals surface area contributed by atoms with Crippen LogP contribution in [0.15, 0.2) is 48.5 Å². The van der Waals surface area contributed by atoms with E-state index >= 15 is 0 Å². The smallest absolute Gasteiger partial charge is 0.335 e. The fourth-order valence-electron chi connectivity index (χ4n) is 1.77. The van der Waals surface area contributed by atoms with Gasteiger partial charge in [0.1, 0.15) is 0 Å². The van der Waals surface area contributed by atoms with Crippen LogP contribution in [-0.2, 0) is 0 Å². The molecule has 6 heteroatoms. The summed E-state index contributed by atoms with van der Waals surface area (Å²) in [6, 6.07) is 12.9. The van der Waals surface area contributed by atoms with Crippen molar-refractivity contribution in [1.29, 1.82) is 0 Å². The van der Waals surface area contributed by atoms with Gasteiger partial charge in [0.25, 0.3) is 0 Å². The van der Waals surface area contributed by atoms with Crippen LogP contribution in [0.2, 0.25) is 0 Å². The number of benzene rings is 2. The highest BCUT2D eigenvalue weighted by Gasteiger charge is 2.09. The quantitative estimate of drug-likeness (QED) is 0.696. The highest BCUT2D eigenvalue weighted by molar-refractivity contribution is 9.18. The molecule has 0 fully saturated rings. The summed E-state index contributed by atoms with van der Waals surface area (Å²) in [6.07, 6.45) is 0. The summed E-state index contributed by atoms with van der Waals surface area (Å²) in [4.78, 5) is 21.7. The minimum atomic E-state index is -0.977. The molecule has 0 bridgehead atoms. The van der Waals surface area contributed by atoms with Gasteiger partial charge in [-0.05, 0) is 67.3 Å². The van der Waals surface area contributed by atoms with Gasteiger partial charge in [-0.25, -0.2) is 9.59 Å². The summed E-state index contributed by atoms with van der Waals surface area (Å²) < 4.78 is 1.49. The standard InChI is InChI=1S/C16H10Br2O4/c17-13(9-1-5-11(6-2-9)15(19)20)14(18)10-3-7-12(8-4-10)16(21)22/h1-8H,(H,19,20)(H,21,22)/b14-13+. The van der Waals surface area contributed by atoms with E-state index in [1.807, 2.05) is 0 Å². The Labute approximate surface area is 143 Å². The highest BCUT2D eigenvalue weighted by Crippen LogP contribution is 2.35. The number of carbonyl (C=O) groups is 2. The van der Waals surface area contributed by atoms with Gasteiger partial charge in [0, 0.05) is 8.96 Å². The van der Waals surface area contributed by atoms with Crippen molar-refractivity contribution in [3.05, 3.63) is 70.8 Å². The summed E-state index contributed by atoms with van der Waals surface area (Å²) in [7, 11) is 0. The molecule has 22 heavy (non-hydrogen) atoms. The van der Waals surface area contributed by atoms with Crippen LogP contribution in [0.3, 0.4) is 0 Å². The minimum absolute atomic E-state index is 0.214. The minimum Gasteiger partial charge on any atom is -0.478 e. The molecule has 0 radical (unpaired) electrons. The maximum absolute atomic E-state index is 10.8. The van der Waals surface area contributed by atoms with Crippen molar-refractivity contribution in [3.8, 4) is 0 Å². The van der Waals surface area contributed by atoms with Crippen molar-refractivity contribution in [2.45, 2.75) is 0 Å². The lowest BCUT2D eigenvalue weighted by Crippen LogP contribution is -1.96. The number of rotatable bonds is 4. The van der Waals surface area contributed by atoms with E-state index in [1.165, 1.54) is 24.3 Å². The molecule has 4 nitrogen and oxygen atoms in total. The van der Waals surface area contributed by atoms with Gasteiger partial charge >= 0.3 is 11.9 Å². The van der Waals surface area contributed by atoms with Gasteiger partial charge in [-0.1, -0.05) is 24.3 Å². The van der Waals surface area contributed by atoms with E-state index in [-0.39, 0.29) is 11.1 Å². The molecule has 0 aliphatic carbocycles. The third-order valence-corrected chi connectivity index (χ3v) is 5.20. The Hall–Kier alpha value is -1.92. The lowest BCUT2D eigenvalue weighted by atomic mass is 10.1. The van der Waals surface area contributed by atoms with Crippen LogP contribution >= 0.6 is 31.9 Å². The molecule has 2 rings (SSSR count). The summed E-state index contributed by atoms with van der Waals surface area (Å²) >= 11 is 6.93. The molecule has 0 aromatic heterocycles. The van der Waals surface area contributed by atoms with Gasteiger partial charge in [-0.3, -0.25) is 0 Å². The van der Waals surface area contributed by atoms with E-state index in [0.717, 1.165) is 20.1 Å². The van der Waals surface area contributed by atoms with Crippen LogP contribution in [0.25, 0.3) is 8.96 Å². The highest BCUT2D eigenvalue weighted by atomic mass is 79.9.